The summed E-state index contributed by atoms with van der Waals surface area (Å²) in [6, 6.07) is 11.3. The van der Waals surface area contributed by atoms with Crippen LogP contribution in [0.3, 0.4) is 0 Å². The van der Waals surface area contributed by atoms with Gasteiger partial charge in [0.2, 0.25) is 0 Å². The Bertz CT molecular complexity index is 617. The molecule has 0 spiro atoms. The van der Waals surface area contributed by atoms with Gasteiger partial charge in [0.1, 0.15) is 0 Å². The molecule has 2 amide bonds. The van der Waals surface area contributed by atoms with Gasteiger partial charge in [0.15, 0.2) is 0 Å². The van der Waals surface area contributed by atoms with Crippen LogP contribution in [0.15, 0.2) is 42.5 Å². The van der Waals surface area contributed by atoms with Gasteiger partial charge in [-0.25, -0.2) is 4.79 Å². The van der Waals surface area contributed by atoms with Crippen LogP contribution in [-0.4, -0.2) is 6.03 Å². The van der Waals surface area contributed by atoms with Crippen LogP contribution in [0.4, 0.5) is 21.9 Å². The van der Waals surface area contributed by atoms with Gasteiger partial charge in [0.25, 0.3) is 0 Å². The van der Waals surface area contributed by atoms with E-state index in [0.717, 1.165) is 0 Å². The van der Waals surface area contributed by atoms with E-state index in [0.29, 0.717) is 27.1 Å². The smallest absolute Gasteiger partial charge is 0.323 e. The molecule has 0 radical (unpaired) electrons. The molecule has 2 aromatic rings. The number of carbonyl (C=O) groups excluding carboxylic acids is 1. The van der Waals surface area contributed by atoms with Crippen LogP contribution in [0.5, 0.6) is 0 Å². The molecular formula is C13H11Cl2N3O. The lowest BCUT2D eigenvalue weighted by Gasteiger charge is -2.09. The van der Waals surface area contributed by atoms with Crippen molar-refractivity contribution in [1.82, 2.24) is 0 Å². The van der Waals surface area contributed by atoms with Crippen LogP contribution in [-0.2, 0) is 0 Å². The van der Waals surface area contributed by atoms with E-state index in [1.165, 1.54) is 0 Å². The molecule has 2 rings (SSSR count). The molecule has 0 aromatic heterocycles. The molecule has 0 unspecified atom stereocenters. The Hall–Kier alpha value is -1.91. The van der Waals surface area contributed by atoms with E-state index in [1.54, 1.807) is 42.5 Å². The monoisotopic (exact) mass is 295 g/mol. The minimum atomic E-state index is -0.422. The summed E-state index contributed by atoms with van der Waals surface area (Å²) in [5.41, 5.74) is 7.18. The van der Waals surface area contributed by atoms with E-state index in [1.807, 2.05) is 0 Å². The second-order valence-electron chi connectivity index (χ2n) is 3.83. The van der Waals surface area contributed by atoms with Crippen LogP contribution < -0.4 is 16.4 Å². The highest BCUT2D eigenvalue weighted by molar-refractivity contribution is 6.34. The molecule has 4 N–H and O–H groups in total. The van der Waals surface area contributed by atoms with E-state index in [4.69, 9.17) is 28.9 Å². The zero-order valence-electron chi connectivity index (χ0n) is 9.78. The van der Waals surface area contributed by atoms with Crippen LogP contribution in [0.25, 0.3) is 0 Å². The van der Waals surface area contributed by atoms with E-state index >= 15 is 0 Å². The minimum Gasteiger partial charge on any atom is -0.399 e. The Morgan fingerprint density at radius 2 is 1.84 bits per heavy atom. The summed E-state index contributed by atoms with van der Waals surface area (Å²) in [7, 11) is 0. The van der Waals surface area contributed by atoms with Gasteiger partial charge in [-0.2, -0.15) is 0 Å². The fourth-order valence-corrected chi connectivity index (χ4v) is 1.84. The van der Waals surface area contributed by atoms with Crippen LogP contribution in [0.2, 0.25) is 10.0 Å². The number of rotatable bonds is 2. The summed E-state index contributed by atoms with van der Waals surface area (Å²) in [6.45, 7) is 0. The second kappa shape index (κ2) is 5.82. The number of hydrogen-bond donors (Lipinski definition) is 3. The Morgan fingerprint density at radius 1 is 1.05 bits per heavy atom. The first-order valence-electron chi connectivity index (χ1n) is 5.43. The highest BCUT2D eigenvalue weighted by atomic mass is 35.5. The third kappa shape index (κ3) is 3.77. The van der Waals surface area contributed by atoms with Gasteiger partial charge in [-0.3, -0.25) is 0 Å². The molecule has 4 nitrogen and oxygen atoms in total. The lowest BCUT2D eigenvalue weighted by molar-refractivity contribution is 0.262. The van der Waals surface area contributed by atoms with E-state index in [2.05, 4.69) is 10.6 Å². The molecule has 19 heavy (non-hydrogen) atoms. The summed E-state index contributed by atoms with van der Waals surface area (Å²) in [5.74, 6) is 0. The van der Waals surface area contributed by atoms with Crippen LogP contribution in [0.1, 0.15) is 0 Å². The fourth-order valence-electron chi connectivity index (χ4n) is 1.49. The largest absolute Gasteiger partial charge is 0.399 e. The number of nitrogen functional groups attached to an aromatic ring is 1. The van der Waals surface area contributed by atoms with Crippen molar-refractivity contribution in [3.8, 4) is 0 Å². The normalized spacial score (nSPS) is 10.0. The Kier molecular flexibility index (Phi) is 4.14. The lowest BCUT2D eigenvalue weighted by Crippen LogP contribution is -2.19. The van der Waals surface area contributed by atoms with Crippen molar-refractivity contribution in [3.63, 3.8) is 0 Å². The maximum absolute atomic E-state index is 11.8. The second-order valence-corrected chi connectivity index (χ2v) is 4.67. The quantitative estimate of drug-likeness (QED) is 0.726. The highest BCUT2D eigenvalue weighted by Crippen LogP contribution is 2.24. The summed E-state index contributed by atoms with van der Waals surface area (Å²) < 4.78 is 0. The first-order valence-corrected chi connectivity index (χ1v) is 6.19. The predicted octanol–water partition coefficient (Wildman–Crippen LogP) is 4.22. The SMILES string of the molecule is Nc1ccc(Cl)c(NC(=O)Nc2cccc(Cl)c2)c1. The molecule has 0 fully saturated rings. The number of urea groups is 1. The molecule has 0 aliphatic carbocycles. The number of hydrogen-bond acceptors (Lipinski definition) is 2. The van der Waals surface area contributed by atoms with Gasteiger partial charge in [-0.1, -0.05) is 29.3 Å². The molecule has 98 valence electrons. The number of benzene rings is 2. The topological polar surface area (TPSA) is 67.1 Å². The molecule has 0 aliphatic heterocycles. The average Bonchev–Trinajstić information content (AvgIpc) is 2.34. The number of halogens is 2. The van der Waals surface area contributed by atoms with Crippen molar-refractivity contribution in [1.29, 1.82) is 0 Å². The third-order valence-electron chi connectivity index (χ3n) is 2.32. The minimum absolute atomic E-state index is 0.412. The van der Waals surface area contributed by atoms with Crippen molar-refractivity contribution in [2.75, 3.05) is 16.4 Å². The molecule has 2 aromatic carbocycles. The summed E-state index contributed by atoms with van der Waals surface area (Å²) >= 11 is 11.8. The molecule has 0 saturated heterocycles. The highest BCUT2D eigenvalue weighted by Gasteiger charge is 2.06. The first kappa shape index (κ1) is 13.5. The lowest BCUT2D eigenvalue weighted by atomic mass is 10.3. The molecule has 0 saturated carbocycles. The maximum Gasteiger partial charge on any atom is 0.323 e. The van der Waals surface area contributed by atoms with E-state index in [9.17, 15) is 4.79 Å². The summed E-state index contributed by atoms with van der Waals surface area (Å²) in [6.07, 6.45) is 0. The molecule has 0 aliphatic rings. The van der Waals surface area contributed by atoms with Crippen LogP contribution >= 0.6 is 23.2 Å². The number of nitrogens with one attached hydrogen (secondary N) is 2. The Morgan fingerprint density at radius 3 is 2.58 bits per heavy atom. The summed E-state index contributed by atoms with van der Waals surface area (Å²) in [5, 5.41) is 6.21. The average molecular weight is 296 g/mol. The Balaban J connectivity index is 2.07. The third-order valence-corrected chi connectivity index (χ3v) is 2.89. The van der Waals surface area contributed by atoms with E-state index in [-0.39, 0.29) is 0 Å². The van der Waals surface area contributed by atoms with Gasteiger partial charge in [0.05, 0.1) is 10.7 Å². The van der Waals surface area contributed by atoms with Gasteiger partial charge in [0, 0.05) is 16.4 Å². The van der Waals surface area contributed by atoms with Crippen LogP contribution in [0, 0.1) is 0 Å². The molecular weight excluding hydrogens is 285 g/mol. The molecule has 6 heteroatoms. The summed E-state index contributed by atoms with van der Waals surface area (Å²) in [4.78, 5) is 11.8. The first-order chi connectivity index (χ1) is 9.04. The molecule has 0 atom stereocenters. The van der Waals surface area contributed by atoms with Gasteiger partial charge in [-0.05, 0) is 36.4 Å². The van der Waals surface area contributed by atoms with Crippen molar-refractivity contribution >= 4 is 46.3 Å². The van der Waals surface area contributed by atoms with Crippen molar-refractivity contribution in [3.05, 3.63) is 52.5 Å². The number of carbonyl (C=O) groups is 1. The predicted molar refractivity (Wildman–Crippen MR) is 80.0 cm³/mol. The number of amides is 2. The fraction of sp³-hybridized carbons (Fsp3) is 0. The van der Waals surface area contributed by atoms with Gasteiger partial charge < -0.3 is 16.4 Å². The van der Waals surface area contributed by atoms with Gasteiger partial charge in [-0.15, -0.1) is 0 Å². The van der Waals surface area contributed by atoms with Crippen molar-refractivity contribution in [2.24, 2.45) is 0 Å². The Labute approximate surface area is 120 Å². The zero-order chi connectivity index (χ0) is 13.8. The molecule has 0 heterocycles. The van der Waals surface area contributed by atoms with E-state index < -0.39 is 6.03 Å². The van der Waals surface area contributed by atoms with Crippen molar-refractivity contribution < 1.29 is 4.79 Å². The zero-order valence-corrected chi connectivity index (χ0v) is 11.3. The number of nitrogens with two attached hydrogens (primary N) is 1. The van der Waals surface area contributed by atoms with Crippen molar-refractivity contribution in [2.45, 2.75) is 0 Å². The molecule has 0 bridgehead atoms. The van der Waals surface area contributed by atoms with Gasteiger partial charge >= 0.3 is 6.03 Å². The standard InChI is InChI=1S/C13H11Cl2N3O/c14-8-2-1-3-10(6-8)17-13(19)18-12-7-9(16)4-5-11(12)15/h1-7H,16H2,(H2,17,18,19). The maximum atomic E-state index is 11.8. The number of anilines is 3.